The molecule has 1 aliphatic carbocycles. The van der Waals surface area contributed by atoms with E-state index in [9.17, 15) is 10.5 Å². The fourth-order valence-corrected chi connectivity index (χ4v) is 3.33. The van der Waals surface area contributed by atoms with Gasteiger partial charge in [-0.05, 0) is 35.2 Å². The van der Waals surface area contributed by atoms with E-state index in [1.807, 2.05) is 30.3 Å². The van der Waals surface area contributed by atoms with Gasteiger partial charge in [-0.2, -0.15) is 10.5 Å². The maximum atomic E-state index is 9.59. The second-order valence-corrected chi connectivity index (χ2v) is 5.43. The molecule has 4 heteroatoms. The predicted octanol–water partition coefficient (Wildman–Crippen LogP) is 3.84. The zero-order valence-corrected chi connectivity index (χ0v) is 12.1. The molecule has 0 saturated carbocycles. The minimum absolute atomic E-state index is 0.219. The first-order valence-corrected chi connectivity index (χ1v) is 7.17. The summed E-state index contributed by atoms with van der Waals surface area (Å²) in [6, 6.07) is 15.8. The molecule has 0 atom stereocenters. The summed E-state index contributed by atoms with van der Waals surface area (Å²) in [5.74, 6) is 0.599. The Morgan fingerprint density at radius 1 is 0.957 bits per heavy atom. The third-order valence-electron chi connectivity index (χ3n) is 4.29. The van der Waals surface area contributed by atoms with E-state index >= 15 is 0 Å². The predicted molar refractivity (Wildman–Crippen MR) is 86.2 cm³/mol. The first kappa shape index (κ1) is 13.2. The summed E-state index contributed by atoms with van der Waals surface area (Å²) >= 11 is 0. The molecule has 4 rings (SSSR count). The van der Waals surface area contributed by atoms with Crippen molar-refractivity contribution in [3.05, 3.63) is 64.9 Å². The van der Waals surface area contributed by atoms with Crippen LogP contribution >= 0.6 is 0 Å². The van der Waals surface area contributed by atoms with Gasteiger partial charge in [-0.1, -0.05) is 24.3 Å². The van der Waals surface area contributed by atoms with Crippen molar-refractivity contribution in [3.63, 3.8) is 0 Å². The zero-order chi connectivity index (χ0) is 16.0. The van der Waals surface area contributed by atoms with Crippen LogP contribution in [-0.2, 0) is 6.42 Å². The maximum absolute atomic E-state index is 9.59. The molecule has 0 saturated heterocycles. The molecule has 0 bridgehead atoms. The van der Waals surface area contributed by atoms with Gasteiger partial charge >= 0.3 is 0 Å². The number of nitrogen functional groups attached to an aromatic ring is 1. The lowest BCUT2D eigenvalue weighted by Gasteiger charge is -2.14. The standard InChI is InChI=1S/C19H11N3O/c20-9-14-17-12-5-2-1-4-11(12)8-13(17)18(15(10-21)19(14)22)16-6-3-7-23-16/h1-7H,8,22H2. The van der Waals surface area contributed by atoms with E-state index in [4.69, 9.17) is 10.2 Å². The van der Waals surface area contributed by atoms with Crippen LogP contribution in [0.3, 0.4) is 0 Å². The van der Waals surface area contributed by atoms with Crippen LogP contribution in [0.25, 0.3) is 22.5 Å². The van der Waals surface area contributed by atoms with Crippen LogP contribution in [0, 0.1) is 22.7 Å². The molecule has 1 aromatic heterocycles. The molecule has 0 amide bonds. The average Bonchev–Trinajstić information content (AvgIpc) is 3.21. The summed E-state index contributed by atoms with van der Waals surface area (Å²) in [4.78, 5) is 0. The molecule has 1 aliphatic rings. The van der Waals surface area contributed by atoms with Gasteiger partial charge in [0.2, 0.25) is 0 Å². The molecule has 108 valence electrons. The van der Waals surface area contributed by atoms with Crippen molar-refractivity contribution in [2.24, 2.45) is 0 Å². The number of furan rings is 1. The number of anilines is 1. The summed E-state index contributed by atoms with van der Waals surface area (Å²) < 4.78 is 5.53. The number of hydrogen-bond donors (Lipinski definition) is 1. The van der Waals surface area contributed by atoms with Crippen molar-refractivity contribution in [3.8, 4) is 34.6 Å². The fourth-order valence-electron chi connectivity index (χ4n) is 3.33. The Balaban J connectivity index is 2.18. The van der Waals surface area contributed by atoms with Crippen LogP contribution < -0.4 is 5.73 Å². The van der Waals surface area contributed by atoms with E-state index in [-0.39, 0.29) is 5.69 Å². The van der Waals surface area contributed by atoms with E-state index < -0.39 is 0 Å². The number of nitrogens with zero attached hydrogens (tertiary/aromatic N) is 2. The van der Waals surface area contributed by atoms with Crippen LogP contribution in [0.5, 0.6) is 0 Å². The van der Waals surface area contributed by atoms with Crippen LogP contribution in [0.15, 0.2) is 47.1 Å². The molecule has 2 N–H and O–H groups in total. The average molecular weight is 297 g/mol. The number of rotatable bonds is 1. The molecule has 1 heterocycles. The Labute approximate surface area is 133 Å². The van der Waals surface area contributed by atoms with Gasteiger partial charge in [0.25, 0.3) is 0 Å². The third-order valence-corrected chi connectivity index (χ3v) is 4.29. The Bertz CT molecular complexity index is 1020. The second-order valence-electron chi connectivity index (χ2n) is 5.43. The van der Waals surface area contributed by atoms with E-state index in [0.29, 0.717) is 28.9 Å². The molecule has 0 spiro atoms. The van der Waals surface area contributed by atoms with Crippen molar-refractivity contribution in [1.29, 1.82) is 10.5 Å². The van der Waals surface area contributed by atoms with Crippen LogP contribution in [0.2, 0.25) is 0 Å². The van der Waals surface area contributed by atoms with Gasteiger partial charge in [0.1, 0.15) is 17.9 Å². The van der Waals surface area contributed by atoms with Crippen molar-refractivity contribution in [1.82, 2.24) is 0 Å². The molecule has 0 fully saturated rings. The summed E-state index contributed by atoms with van der Waals surface area (Å²) in [5, 5.41) is 19.2. The van der Waals surface area contributed by atoms with E-state index in [1.165, 1.54) is 0 Å². The summed E-state index contributed by atoms with van der Waals surface area (Å²) in [5.41, 5.74) is 11.6. The highest BCUT2D eigenvalue weighted by atomic mass is 16.3. The topological polar surface area (TPSA) is 86.7 Å². The van der Waals surface area contributed by atoms with Gasteiger partial charge in [-0.25, -0.2) is 0 Å². The van der Waals surface area contributed by atoms with Gasteiger partial charge in [0.15, 0.2) is 0 Å². The molecular formula is C19H11N3O. The van der Waals surface area contributed by atoms with E-state index in [1.54, 1.807) is 12.3 Å². The normalized spacial score (nSPS) is 11.4. The van der Waals surface area contributed by atoms with Crippen LogP contribution in [0.4, 0.5) is 5.69 Å². The number of benzene rings is 2. The minimum Gasteiger partial charge on any atom is -0.464 e. The SMILES string of the molecule is N#Cc1c(N)c(C#N)c2c(c1-c1ccco1)Cc1ccccc1-2. The number of fused-ring (bicyclic) bond motifs is 3. The van der Waals surface area contributed by atoms with Gasteiger partial charge in [-0.15, -0.1) is 0 Å². The number of nitriles is 2. The zero-order valence-electron chi connectivity index (χ0n) is 12.1. The molecule has 3 aromatic rings. The minimum atomic E-state index is 0.219. The van der Waals surface area contributed by atoms with Gasteiger partial charge in [-0.3, -0.25) is 0 Å². The van der Waals surface area contributed by atoms with E-state index in [2.05, 4.69) is 12.1 Å². The third kappa shape index (κ3) is 1.70. The highest BCUT2D eigenvalue weighted by Gasteiger charge is 2.30. The lowest BCUT2D eigenvalue weighted by atomic mass is 9.89. The summed E-state index contributed by atoms with van der Waals surface area (Å²) in [6.45, 7) is 0. The smallest absolute Gasteiger partial charge is 0.135 e. The number of hydrogen-bond acceptors (Lipinski definition) is 4. The van der Waals surface area contributed by atoms with Gasteiger partial charge < -0.3 is 10.2 Å². The van der Waals surface area contributed by atoms with Crippen LogP contribution in [0.1, 0.15) is 22.3 Å². The Kier molecular flexibility index (Phi) is 2.73. The first-order chi connectivity index (χ1) is 11.3. The fraction of sp³-hybridized carbons (Fsp3) is 0.0526. The lowest BCUT2D eigenvalue weighted by molar-refractivity contribution is 0.581. The monoisotopic (exact) mass is 297 g/mol. The summed E-state index contributed by atoms with van der Waals surface area (Å²) in [7, 11) is 0. The van der Waals surface area contributed by atoms with Crippen molar-refractivity contribution in [2.45, 2.75) is 6.42 Å². The molecular weight excluding hydrogens is 286 g/mol. The summed E-state index contributed by atoms with van der Waals surface area (Å²) in [6.07, 6.45) is 2.23. The number of nitrogens with two attached hydrogens (primary N) is 1. The Morgan fingerprint density at radius 2 is 1.70 bits per heavy atom. The van der Waals surface area contributed by atoms with Crippen molar-refractivity contribution < 1.29 is 4.42 Å². The second kappa shape index (κ2) is 4.76. The Hall–Kier alpha value is -3.50. The largest absolute Gasteiger partial charge is 0.464 e. The molecule has 0 radical (unpaired) electrons. The molecule has 0 aliphatic heterocycles. The first-order valence-electron chi connectivity index (χ1n) is 7.17. The van der Waals surface area contributed by atoms with Gasteiger partial charge in [0, 0.05) is 11.1 Å². The molecule has 23 heavy (non-hydrogen) atoms. The lowest BCUT2D eigenvalue weighted by Crippen LogP contribution is -2.02. The quantitative estimate of drug-likeness (QED) is 0.541. The highest BCUT2D eigenvalue weighted by Crippen LogP contribution is 2.47. The van der Waals surface area contributed by atoms with E-state index in [0.717, 1.165) is 22.3 Å². The highest BCUT2D eigenvalue weighted by molar-refractivity contribution is 5.95. The molecule has 0 unspecified atom stereocenters. The van der Waals surface area contributed by atoms with Crippen molar-refractivity contribution >= 4 is 5.69 Å². The molecule has 2 aromatic carbocycles. The van der Waals surface area contributed by atoms with Crippen molar-refractivity contribution in [2.75, 3.05) is 5.73 Å². The Morgan fingerprint density at radius 3 is 2.39 bits per heavy atom. The van der Waals surface area contributed by atoms with Gasteiger partial charge in [0.05, 0.1) is 23.1 Å². The maximum Gasteiger partial charge on any atom is 0.135 e. The van der Waals surface area contributed by atoms with Crippen LogP contribution in [-0.4, -0.2) is 0 Å². The molecule has 4 nitrogen and oxygen atoms in total.